The molecule has 0 amide bonds. The number of benzene rings is 3. The van der Waals surface area contributed by atoms with Crippen molar-refractivity contribution in [3.8, 4) is 0 Å². The van der Waals surface area contributed by atoms with Crippen LogP contribution in [0.1, 0.15) is 33.0 Å². The molecule has 0 fully saturated rings. The lowest BCUT2D eigenvalue weighted by molar-refractivity contribution is -0.394. The van der Waals surface area contributed by atoms with E-state index in [1.165, 1.54) is 12.1 Å². The highest BCUT2D eigenvalue weighted by Gasteiger charge is 2.31. The van der Waals surface area contributed by atoms with E-state index in [0.717, 1.165) is 11.6 Å². The number of nitrogens with zero attached hydrogens (tertiary/aromatic N) is 2. The summed E-state index contributed by atoms with van der Waals surface area (Å²) in [5, 5.41) is 21.4. The largest absolute Gasteiger partial charge is 0.283 e. The van der Waals surface area contributed by atoms with E-state index in [2.05, 4.69) is 0 Å². The van der Waals surface area contributed by atoms with Crippen LogP contribution < -0.4 is 0 Å². The Morgan fingerprint density at radius 1 is 0.733 bits per heavy atom. The van der Waals surface area contributed by atoms with Crippen LogP contribution in [0.15, 0.2) is 72.8 Å². The van der Waals surface area contributed by atoms with Gasteiger partial charge in [0, 0.05) is 0 Å². The molecular formula is C22H16Cl2N2O4. The molecule has 0 N–H and O–H groups in total. The minimum absolute atomic E-state index is 0.115. The van der Waals surface area contributed by atoms with Gasteiger partial charge >= 0.3 is 0 Å². The first-order valence-corrected chi connectivity index (χ1v) is 9.78. The molecule has 3 rings (SSSR count). The van der Waals surface area contributed by atoms with Gasteiger partial charge in [0.1, 0.15) is 0 Å². The Kier molecular flexibility index (Phi) is 6.82. The van der Waals surface area contributed by atoms with Crippen LogP contribution in [-0.2, 0) is 0 Å². The average Bonchev–Trinajstić information content (AvgIpc) is 2.77. The van der Waals surface area contributed by atoms with Gasteiger partial charge in [-0.2, -0.15) is 0 Å². The fraction of sp³-hybridized carbons (Fsp3) is 0.0909. The second kappa shape index (κ2) is 9.52. The van der Waals surface area contributed by atoms with Crippen LogP contribution in [0.3, 0.4) is 0 Å². The maximum absolute atomic E-state index is 11.6. The Bertz CT molecular complexity index is 1090. The quantitative estimate of drug-likeness (QED) is 0.171. The van der Waals surface area contributed by atoms with Gasteiger partial charge in [0.15, 0.2) is 0 Å². The molecule has 0 aromatic heterocycles. The summed E-state index contributed by atoms with van der Waals surface area (Å²) in [7, 11) is 0. The van der Waals surface area contributed by atoms with Gasteiger partial charge < -0.3 is 0 Å². The zero-order valence-electron chi connectivity index (χ0n) is 15.5. The molecule has 0 bridgehead atoms. The van der Waals surface area contributed by atoms with Crippen molar-refractivity contribution < 1.29 is 9.85 Å². The summed E-state index contributed by atoms with van der Waals surface area (Å²) in [6.07, 6.45) is 3.23. The maximum atomic E-state index is 11.6. The van der Waals surface area contributed by atoms with Gasteiger partial charge in [-0.05, 0) is 23.3 Å². The lowest BCUT2D eigenvalue weighted by Crippen LogP contribution is -2.06. The van der Waals surface area contributed by atoms with Crippen molar-refractivity contribution in [2.24, 2.45) is 0 Å². The van der Waals surface area contributed by atoms with Crippen LogP contribution in [0.4, 0.5) is 11.4 Å². The van der Waals surface area contributed by atoms with E-state index in [1.807, 2.05) is 36.4 Å². The van der Waals surface area contributed by atoms with Gasteiger partial charge in [-0.1, -0.05) is 66.7 Å². The van der Waals surface area contributed by atoms with E-state index < -0.39 is 26.3 Å². The van der Waals surface area contributed by atoms with Crippen molar-refractivity contribution in [2.45, 2.75) is 10.8 Å². The second-order valence-corrected chi connectivity index (χ2v) is 7.38. The number of hydrogen-bond donors (Lipinski definition) is 0. The predicted octanol–water partition coefficient (Wildman–Crippen LogP) is 6.93. The third-order valence-corrected chi connectivity index (χ3v) is 5.62. The van der Waals surface area contributed by atoms with Crippen molar-refractivity contribution in [1.29, 1.82) is 0 Å². The van der Waals surface area contributed by atoms with Crippen molar-refractivity contribution in [2.75, 3.05) is 0 Å². The van der Waals surface area contributed by atoms with E-state index in [0.29, 0.717) is 5.56 Å². The first kappa shape index (κ1) is 21.5. The molecule has 0 aliphatic carbocycles. The normalized spacial score (nSPS) is 13.1. The molecule has 0 saturated heterocycles. The van der Waals surface area contributed by atoms with Gasteiger partial charge in [0.05, 0.1) is 37.8 Å². The number of alkyl halides is 2. The first-order chi connectivity index (χ1) is 14.4. The molecule has 0 saturated carbocycles. The minimum atomic E-state index is -0.973. The zero-order chi connectivity index (χ0) is 21.7. The number of rotatable bonds is 7. The topological polar surface area (TPSA) is 86.3 Å². The Hall–Kier alpha value is -3.22. The fourth-order valence-electron chi connectivity index (χ4n) is 3.00. The molecule has 6 nitrogen and oxygen atoms in total. The van der Waals surface area contributed by atoms with Crippen molar-refractivity contribution in [3.63, 3.8) is 0 Å². The molecule has 0 aliphatic heterocycles. The highest BCUT2D eigenvalue weighted by molar-refractivity contribution is 6.30. The summed E-state index contributed by atoms with van der Waals surface area (Å²) in [4.78, 5) is 21.8. The molecule has 3 aromatic carbocycles. The summed E-state index contributed by atoms with van der Waals surface area (Å²) in [6, 6.07) is 20.4. The first-order valence-electron chi connectivity index (χ1n) is 8.91. The van der Waals surface area contributed by atoms with Crippen LogP contribution >= 0.6 is 23.2 Å². The van der Waals surface area contributed by atoms with Gasteiger partial charge in [0.25, 0.3) is 11.4 Å². The Morgan fingerprint density at radius 3 is 1.87 bits per heavy atom. The van der Waals surface area contributed by atoms with Gasteiger partial charge in [-0.15, -0.1) is 23.2 Å². The molecule has 0 radical (unpaired) electrons. The van der Waals surface area contributed by atoms with E-state index >= 15 is 0 Å². The third kappa shape index (κ3) is 4.84. The van der Waals surface area contributed by atoms with E-state index in [4.69, 9.17) is 23.2 Å². The van der Waals surface area contributed by atoms with Crippen molar-refractivity contribution >= 4 is 46.7 Å². The predicted molar refractivity (Wildman–Crippen MR) is 119 cm³/mol. The van der Waals surface area contributed by atoms with E-state index in [1.54, 1.807) is 30.3 Å². The highest BCUT2D eigenvalue weighted by atomic mass is 35.5. The zero-order valence-corrected chi connectivity index (χ0v) is 17.0. The standard InChI is InChI=1S/C22H16Cl2N2O4/c23-21(16-9-5-2-6-10-16)22(24)18-13-17(12-11-15-7-3-1-4-8-15)19(25(27)28)14-20(18)26(29)30/h1-14,21-22H/b12-11-/t21-,22-/m0/s1. The Labute approximate surface area is 182 Å². The molecule has 152 valence electrons. The van der Waals surface area contributed by atoms with Crippen molar-refractivity contribution in [1.82, 2.24) is 0 Å². The van der Waals surface area contributed by atoms with Crippen LogP contribution in [0.5, 0.6) is 0 Å². The fourth-order valence-corrected chi connectivity index (χ4v) is 3.60. The molecule has 8 heteroatoms. The molecule has 0 aliphatic rings. The van der Waals surface area contributed by atoms with Gasteiger partial charge in [-0.25, -0.2) is 0 Å². The van der Waals surface area contributed by atoms with Crippen LogP contribution in [-0.4, -0.2) is 9.85 Å². The van der Waals surface area contributed by atoms with Gasteiger partial charge in [0.2, 0.25) is 0 Å². The lowest BCUT2D eigenvalue weighted by atomic mass is 9.98. The van der Waals surface area contributed by atoms with E-state index in [-0.39, 0.29) is 16.8 Å². The number of nitro benzene ring substituents is 2. The number of nitro groups is 2. The van der Waals surface area contributed by atoms with E-state index in [9.17, 15) is 20.2 Å². The smallest absolute Gasteiger partial charge is 0.258 e. The molecule has 2 atom stereocenters. The summed E-state index contributed by atoms with van der Waals surface area (Å²) < 4.78 is 0. The monoisotopic (exact) mass is 442 g/mol. The summed E-state index contributed by atoms with van der Waals surface area (Å²) in [5.74, 6) is 0. The molecule has 0 spiro atoms. The molecule has 0 heterocycles. The Balaban J connectivity index is 2.10. The van der Waals surface area contributed by atoms with Crippen LogP contribution in [0.2, 0.25) is 0 Å². The maximum Gasteiger partial charge on any atom is 0.283 e. The summed E-state index contributed by atoms with van der Waals surface area (Å²) >= 11 is 13.0. The Morgan fingerprint density at radius 2 is 1.30 bits per heavy atom. The van der Waals surface area contributed by atoms with Crippen LogP contribution in [0, 0.1) is 20.2 Å². The lowest BCUT2D eigenvalue weighted by Gasteiger charge is -2.17. The number of halogens is 2. The average molecular weight is 443 g/mol. The summed E-state index contributed by atoms with van der Waals surface area (Å²) in [6.45, 7) is 0. The minimum Gasteiger partial charge on any atom is -0.258 e. The molecule has 30 heavy (non-hydrogen) atoms. The molecule has 3 aromatic rings. The van der Waals surface area contributed by atoms with Crippen molar-refractivity contribution in [3.05, 3.63) is 115 Å². The van der Waals surface area contributed by atoms with Gasteiger partial charge in [-0.3, -0.25) is 20.2 Å². The van der Waals surface area contributed by atoms with Crippen LogP contribution in [0.25, 0.3) is 12.2 Å². The SMILES string of the molecule is O=[N+]([O-])c1cc([N+](=O)[O-])c([C@H](Cl)[C@@H](Cl)c2ccccc2)cc1/C=C\c1ccccc1. The third-order valence-electron chi connectivity index (χ3n) is 4.50. The second-order valence-electron chi connectivity index (χ2n) is 6.44. The summed E-state index contributed by atoms with van der Waals surface area (Å²) in [5.41, 5.74) is 1.00. The highest BCUT2D eigenvalue weighted by Crippen LogP contribution is 2.44. The molecular weight excluding hydrogens is 427 g/mol. The molecule has 0 unspecified atom stereocenters. The number of hydrogen-bond acceptors (Lipinski definition) is 4.